The molecular weight excluding hydrogens is 264 g/mol. The SMILES string of the molecule is CC(C)c1ccc(CCCNC(=O)C2CC(O)CN2)cc1. The average molecular weight is 290 g/mol. The fourth-order valence-electron chi connectivity index (χ4n) is 2.61. The van der Waals surface area contributed by atoms with E-state index in [0.29, 0.717) is 25.4 Å². The predicted octanol–water partition coefficient (Wildman–Crippen LogP) is 1.58. The predicted molar refractivity (Wildman–Crippen MR) is 84.3 cm³/mol. The average Bonchev–Trinajstić information content (AvgIpc) is 2.90. The maximum absolute atomic E-state index is 11.8. The van der Waals surface area contributed by atoms with Gasteiger partial charge in [0.2, 0.25) is 5.91 Å². The number of hydrogen-bond donors (Lipinski definition) is 3. The highest BCUT2D eigenvalue weighted by Gasteiger charge is 2.27. The molecule has 0 aliphatic carbocycles. The number of carbonyl (C=O) groups is 1. The zero-order valence-electron chi connectivity index (χ0n) is 12.9. The Morgan fingerprint density at radius 2 is 2.10 bits per heavy atom. The number of amides is 1. The minimum Gasteiger partial charge on any atom is -0.392 e. The van der Waals surface area contributed by atoms with E-state index in [2.05, 4.69) is 48.7 Å². The number of β-amino-alcohol motifs (C(OH)–C–C–N with tert-alkyl or cyclic N) is 1. The van der Waals surface area contributed by atoms with Crippen LogP contribution < -0.4 is 10.6 Å². The van der Waals surface area contributed by atoms with Gasteiger partial charge < -0.3 is 15.7 Å². The van der Waals surface area contributed by atoms with Crippen molar-refractivity contribution in [1.82, 2.24) is 10.6 Å². The van der Waals surface area contributed by atoms with E-state index in [1.807, 2.05) is 0 Å². The van der Waals surface area contributed by atoms with Crippen LogP contribution in [0.4, 0.5) is 0 Å². The summed E-state index contributed by atoms with van der Waals surface area (Å²) in [5.74, 6) is 0.564. The summed E-state index contributed by atoms with van der Waals surface area (Å²) >= 11 is 0. The van der Waals surface area contributed by atoms with Gasteiger partial charge in [0.15, 0.2) is 0 Å². The van der Waals surface area contributed by atoms with Crippen molar-refractivity contribution in [3.63, 3.8) is 0 Å². The van der Waals surface area contributed by atoms with E-state index in [9.17, 15) is 9.90 Å². The summed E-state index contributed by atoms with van der Waals surface area (Å²) in [5, 5.41) is 15.3. The first-order chi connectivity index (χ1) is 10.1. The van der Waals surface area contributed by atoms with Crippen molar-refractivity contribution in [3.8, 4) is 0 Å². The number of aliphatic hydroxyl groups is 1. The summed E-state index contributed by atoms with van der Waals surface area (Å²) in [6.07, 6.45) is 2.03. The van der Waals surface area contributed by atoms with Gasteiger partial charge in [-0.25, -0.2) is 0 Å². The van der Waals surface area contributed by atoms with Crippen molar-refractivity contribution >= 4 is 5.91 Å². The molecule has 1 aliphatic heterocycles. The van der Waals surface area contributed by atoms with Crippen LogP contribution in [-0.2, 0) is 11.2 Å². The number of hydrogen-bond acceptors (Lipinski definition) is 3. The maximum Gasteiger partial charge on any atom is 0.237 e. The molecule has 1 fully saturated rings. The molecule has 0 saturated carbocycles. The lowest BCUT2D eigenvalue weighted by molar-refractivity contribution is -0.122. The number of rotatable bonds is 6. The van der Waals surface area contributed by atoms with Crippen LogP contribution in [0.1, 0.15) is 43.7 Å². The van der Waals surface area contributed by atoms with Crippen molar-refractivity contribution in [1.29, 1.82) is 0 Å². The molecule has 0 spiro atoms. The molecule has 1 saturated heterocycles. The fraction of sp³-hybridized carbons (Fsp3) is 0.588. The lowest BCUT2D eigenvalue weighted by Gasteiger charge is -2.11. The normalized spacial score (nSPS) is 21.7. The third-order valence-corrected chi connectivity index (χ3v) is 4.01. The van der Waals surface area contributed by atoms with Crippen molar-refractivity contribution in [3.05, 3.63) is 35.4 Å². The summed E-state index contributed by atoms with van der Waals surface area (Å²) in [7, 11) is 0. The van der Waals surface area contributed by atoms with Gasteiger partial charge in [-0.3, -0.25) is 4.79 Å². The molecule has 3 N–H and O–H groups in total. The number of aliphatic hydroxyl groups excluding tert-OH is 1. The second-order valence-corrected chi connectivity index (χ2v) is 6.14. The van der Waals surface area contributed by atoms with Gasteiger partial charge in [-0.1, -0.05) is 38.1 Å². The van der Waals surface area contributed by atoms with Crippen LogP contribution in [0, 0.1) is 0 Å². The Bertz CT molecular complexity index is 456. The lowest BCUT2D eigenvalue weighted by Crippen LogP contribution is -2.40. The summed E-state index contributed by atoms with van der Waals surface area (Å²) in [5.41, 5.74) is 2.67. The van der Waals surface area contributed by atoms with Gasteiger partial charge in [-0.2, -0.15) is 0 Å². The van der Waals surface area contributed by atoms with E-state index >= 15 is 0 Å². The molecule has 21 heavy (non-hydrogen) atoms. The molecule has 4 nitrogen and oxygen atoms in total. The molecule has 0 aromatic heterocycles. The van der Waals surface area contributed by atoms with Gasteiger partial charge in [0.25, 0.3) is 0 Å². The van der Waals surface area contributed by atoms with Crippen LogP contribution in [0.15, 0.2) is 24.3 Å². The van der Waals surface area contributed by atoms with Gasteiger partial charge in [0.1, 0.15) is 0 Å². The van der Waals surface area contributed by atoms with Crippen LogP contribution in [0.5, 0.6) is 0 Å². The molecule has 0 radical (unpaired) electrons. The largest absolute Gasteiger partial charge is 0.392 e. The van der Waals surface area contributed by atoms with Gasteiger partial charge in [-0.15, -0.1) is 0 Å². The van der Waals surface area contributed by atoms with E-state index in [-0.39, 0.29) is 18.1 Å². The van der Waals surface area contributed by atoms with E-state index in [1.54, 1.807) is 0 Å². The summed E-state index contributed by atoms with van der Waals surface area (Å²) in [6.45, 7) is 5.58. The smallest absolute Gasteiger partial charge is 0.237 e. The minimum absolute atomic E-state index is 0.00158. The Morgan fingerprint density at radius 3 is 2.67 bits per heavy atom. The summed E-state index contributed by atoms with van der Waals surface area (Å²) in [6, 6.07) is 8.48. The van der Waals surface area contributed by atoms with Crippen molar-refractivity contribution < 1.29 is 9.90 Å². The third-order valence-electron chi connectivity index (χ3n) is 4.01. The molecule has 1 aromatic carbocycles. The van der Waals surface area contributed by atoms with E-state index in [1.165, 1.54) is 11.1 Å². The molecule has 1 heterocycles. The first-order valence-electron chi connectivity index (χ1n) is 7.84. The molecular formula is C17H26N2O2. The Labute approximate surface area is 126 Å². The number of carbonyl (C=O) groups excluding carboxylic acids is 1. The Kier molecular flexibility index (Phi) is 5.76. The van der Waals surface area contributed by atoms with E-state index < -0.39 is 0 Å². The number of aryl methyl sites for hydroxylation is 1. The maximum atomic E-state index is 11.8. The highest BCUT2D eigenvalue weighted by molar-refractivity contribution is 5.82. The summed E-state index contributed by atoms with van der Waals surface area (Å²) in [4.78, 5) is 11.8. The Hall–Kier alpha value is -1.39. The lowest BCUT2D eigenvalue weighted by atomic mass is 10.0. The van der Waals surface area contributed by atoms with Crippen molar-refractivity contribution in [2.24, 2.45) is 0 Å². The Morgan fingerprint density at radius 1 is 1.38 bits per heavy atom. The zero-order valence-corrected chi connectivity index (χ0v) is 12.9. The second kappa shape index (κ2) is 7.57. The Balaban J connectivity index is 1.66. The zero-order chi connectivity index (χ0) is 15.2. The van der Waals surface area contributed by atoms with Gasteiger partial charge in [0.05, 0.1) is 12.1 Å². The fourth-order valence-corrected chi connectivity index (χ4v) is 2.61. The van der Waals surface area contributed by atoms with Gasteiger partial charge >= 0.3 is 0 Å². The summed E-state index contributed by atoms with van der Waals surface area (Å²) < 4.78 is 0. The molecule has 1 aromatic rings. The van der Waals surface area contributed by atoms with Crippen LogP contribution in [0.2, 0.25) is 0 Å². The molecule has 0 bridgehead atoms. The number of benzene rings is 1. The number of nitrogens with one attached hydrogen (secondary N) is 2. The van der Waals surface area contributed by atoms with Crippen LogP contribution in [-0.4, -0.2) is 36.2 Å². The van der Waals surface area contributed by atoms with E-state index in [4.69, 9.17) is 0 Å². The molecule has 2 rings (SSSR count). The molecule has 4 heteroatoms. The van der Waals surface area contributed by atoms with Gasteiger partial charge in [0, 0.05) is 13.1 Å². The molecule has 1 aliphatic rings. The molecule has 2 unspecified atom stereocenters. The second-order valence-electron chi connectivity index (χ2n) is 6.14. The van der Waals surface area contributed by atoms with Crippen LogP contribution in [0.25, 0.3) is 0 Å². The first kappa shape index (κ1) is 16.0. The molecule has 116 valence electrons. The van der Waals surface area contributed by atoms with Crippen LogP contribution in [0.3, 0.4) is 0 Å². The minimum atomic E-state index is -0.389. The monoisotopic (exact) mass is 290 g/mol. The van der Waals surface area contributed by atoms with Crippen molar-refractivity contribution in [2.75, 3.05) is 13.1 Å². The highest BCUT2D eigenvalue weighted by atomic mass is 16.3. The quantitative estimate of drug-likeness (QED) is 0.697. The molecule has 1 amide bonds. The topological polar surface area (TPSA) is 61.4 Å². The van der Waals surface area contributed by atoms with Gasteiger partial charge in [-0.05, 0) is 36.3 Å². The van der Waals surface area contributed by atoms with E-state index in [0.717, 1.165) is 12.8 Å². The third kappa shape index (κ3) is 4.83. The van der Waals surface area contributed by atoms with Crippen LogP contribution >= 0.6 is 0 Å². The van der Waals surface area contributed by atoms with Crippen molar-refractivity contribution in [2.45, 2.75) is 51.2 Å². The highest BCUT2D eigenvalue weighted by Crippen LogP contribution is 2.15. The standard InChI is InChI=1S/C17H26N2O2/c1-12(2)14-7-5-13(6-8-14)4-3-9-18-17(21)16-10-15(20)11-19-16/h5-8,12,15-16,19-20H,3-4,9-11H2,1-2H3,(H,18,21). The first-order valence-corrected chi connectivity index (χ1v) is 7.84. The molecule has 2 atom stereocenters.